The Morgan fingerprint density at radius 3 is 2.42 bits per heavy atom. The molecule has 1 spiro atoms. The summed E-state index contributed by atoms with van der Waals surface area (Å²) in [4.78, 5) is 14.5. The van der Waals surface area contributed by atoms with E-state index in [-0.39, 0.29) is 17.7 Å². The highest BCUT2D eigenvalue weighted by molar-refractivity contribution is 6.47. The maximum atomic E-state index is 12.6. The van der Waals surface area contributed by atoms with Crippen LogP contribution in [0.5, 0.6) is 0 Å². The molecule has 3 rings (SSSR count). The number of aliphatic hydroxyl groups is 1. The van der Waals surface area contributed by atoms with Crippen LogP contribution in [-0.4, -0.2) is 58.5 Å². The van der Waals surface area contributed by atoms with Crippen LogP contribution in [-0.2, 0) is 9.39 Å². The second-order valence-corrected chi connectivity index (χ2v) is 11.3. The van der Waals surface area contributed by atoms with Crippen LogP contribution in [0.25, 0.3) is 5.70 Å². The summed E-state index contributed by atoms with van der Waals surface area (Å²) >= 11 is 0. The highest BCUT2D eigenvalue weighted by Crippen LogP contribution is 2.50. The number of carbonyl (C=O) groups excluding carboxylic acids is 1. The Kier molecular flexibility index (Phi) is 6.84. The number of nitrogens with one attached hydrogen (secondary N) is 1. The van der Waals surface area contributed by atoms with Crippen LogP contribution in [0.4, 0.5) is 4.79 Å². The number of ether oxygens (including phenoxy) is 1. The summed E-state index contributed by atoms with van der Waals surface area (Å²) in [7, 11) is 1.65. The van der Waals surface area contributed by atoms with Crippen LogP contribution in [0.2, 0.25) is 0 Å². The van der Waals surface area contributed by atoms with Crippen molar-refractivity contribution in [2.75, 3.05) is 6.54 Å². The van der Waals surface area contributed by atoms with Gasteiger partial charge in [0.15, 0.2) is 0 Å². The van der Waals surface area contributed by atoms with Crippen molar-refractivity contribution in [3.05, 3.63) is 36.0 Å². The van der Waals surface area contributed by atoms with Gasteiger partial charge < -0.3 is 30.4 Å². The molecule has 2 atom stereocenters. The number of nitrogens with zero attached hydrogens (tertiary/aromatic N) is 1. The zero-order valence-electron chi connectivity index (χ0n) is 21.1. The first-order valence-electron chi connectivity index (χ1n) is 11.7. The minimum Gasteiger partial charge on any atom is -0.444 e. The molecule has 181 valence electrons. The lowest BCUT2D eigenvalue weighted by Gasteiger charge is -2.37. The average molecular weight is 456 g/mol. The number of carbonyl (C=O) groups is 1. The Labute approximate surface area is 199 Å². The highest BCUT2D eigenvalue weighted by atomic mass is 16.6. The van der Waals surface area contributed by atoms with Gasteiger partial charge in [0, 0.05) is 12.7 Å². The lowest BCUT2D eigenvalue weighted by atomic mass is 9.82. The second kappa shape index (κ2) is 8.87. The minimum absolute atomic E-state index is 0.164. The molecule has 8 heteroatoms. The monoisotopic (exact) mass is 456 g/mol. The zero-order chi connectivity index (χ0) is 24.7. The van der Waals surface area contributed by atoms with E-state index in [0.29, 0.717) is 5.70 Å². The molecule has 1 radical (unpaired) electrons. The third-order valence-electron chi connectivity index (χ3n) is 6.84. The van der Waals surface area contributed by atoms with Gasteiger partial charge in [0.05, 0.1) is 28.5 Å². The first-order chi connectivity index (χ1) is 15.1. The lowest BCUT2D eigenvalue weighted by Crippen LogP contribution is -2.49. The van der Waals surface area contributed by atoms with E-state index in [1.165, 1.54) is 0 Å². The molecule has 1 amide bonds. The van der Waals surface area contributed by atoms with Gasteiger partial charge in [-0.1, -0.05) is 29.7 Å². The van der Waals surface area contributed by atoms with Gasteiger partial charge in [0.1, 0.15) is 5.60 Å². The number of hydrogen-bond donors (Lipinski definition) is 3. The van der Waals surface area contributed by atoms with E-state index >= 15 is 0 Å². The molecule has 4 N–H and O–H groups in total. The standard InChI is InChI=1S/C25H39BN3O4/c1-22(2,3)32-21(30)29-14-8-13-25(29)15-20(25)28-16-19(27)17-9-11-18(12-10-17)26-33-24(6,7)23(4,5)31/h9-12,16,20,28,31H,8,13-15,27H2,1-7H3/b19-16-/t20?,25-/m1/s1. The molecule has 33 heavy (non-hydrogen) atoms. The summed E-state index contributed by atoms with van der Waals surface area (Å²) in [6.45, 7) is 13.6. The molecule has 1 heterocycles. The van der Waals surface area contributed by atoms with Crippen molar-refractivity contribution in [1.29, 1.82) is 0 Å². The van der Waals surface area contributed by atoms with Crippen LogP contribution < -0.4 is 16.5 Å². The Bertz CT molecular complexity index is 886. The number of amides is 1. The number of rotatable bonds is 7. The van der Waals surface area contributed by atoms with Gasteiger partial charge in [-0.3, -0.25) is 0 Å². The zero-order valence-corrected chi connectivity index (χ0v) is 21.1. The maximum absolute atomic E-state index is 12.6. The summed E-state index contributed by atoms with van der Waals surface area (Å²) in [5.41, 5.74) is 6.36. The predicted molar refractivity (Wildman–Crippen MR) is 132 cm³/mol. The number of likely N-dealkylation sites (tertiary alicyclic amines) is 1. The third kappa shape index (κ3) is 5.85. The molecule has 0 aromatic heterocycles. The van der Waals surface area contributed by atoms with Crippen molar-refractivity contribution >= 4 is 24.7 Å². The Morgan fingerprint density at radius 1 is 1.21 bits per heavy atom. The quantitative estimate of drug-likeness (QED) is 0.546. The summed E-state index contributed by atoms with van der Waals surface area (Å²) < 4.78 is 11.4. The van der Waals surface area contributed by atoms with Gasteiger partial charge in [0.25, 0.3) is 0 Å². The van der Waals surface area contributed by atoms with Crippen LogP contribution >= 0.6 is 0 Å². The van der Waals surface area contributed by atoms with E-state index < -0.39 is 16.8 Å². The van der Waals surface area contributed by atoms with Gasteiger partial charge in [0.2, 0.25) is 0 Å². The number of hydrogen-bond acceptors (Lipinski definition) is 6. The van der Waals surface area contributed by atoms with Gasteiger partial charge in [-0.15, -0.1) is 0 Å². The molecule has 2 aliphatic rings. The van der Waals surface area contributed by atoms with Gasteiger partial charge in [-0.05, 0) is 73.3 Å². The smallest absolute Gasteiger partial charge is 0.410 e. The van der Waals surface area contributed by atoms with Crippen molar-refractivity contribution in [3.63, 3.8) is 0 Å². The van der Waals surface area contributed by atoms with Crippen LogP contribution in [0.1, 0.15) is 73.3 Å². The van der Waals surface area contributed by atoms with E-state index in [1.54, 1.807) is 21.3 Å². The predicted octanol–water partition coefficient (Wildman–Crippen LogP) is 2.89. The Morgan fingerprint density at radius 2 is 1.85 bits per heavy atom. The first kappa shape index (κ1) is 25.4. The molecular formula is C25H39BN3O4. The molecule has 1 aliphatic heterocycles. The third-order valence-corrected chi connectivity index (χ3v) is 6.84. The van der Waals surface area contributed by atoms with E-state index in [0.717, 1.165) is 36.8 Å². The van der Waals surface area contributed by atoms with Crippen molar-refractivity contribution in [2.24, 2.45) is 5.73 Å². The average Bonchev–Trinajstić information content (AvgIpc) is 3.20. The van der Waals surface area contributed by atoms with Crippen LogP contribution in [0.3, 0.4) is 0 Å². The van der Waals surface area contributed by atoms with Crippen molar-refractivity contribution < 1.29 is 19.3 Å². The largest absolute Gasteiger partial charge is 0.444 e. The molecule has 2 fully saturated rings. The molecule has 1 aliphatic carbocycles. The Balaban J connectivity index is 1.56. The summed E-state index contributed by atoms with van der Waals surface area (Å²) in [6.07, 6.45) is 4.46. The molecule has 1 saturated carbocycles. The van der Waals surface area contributed by atoms with E-state index in [1.807, 2.05) is 70.0 Å². The fourth-order valence-electron chi connectivity index (χ4n) is 3.96. The van der Waals surface area contributed by atoms with Gasteiger partial charge in [-0.25, -0.2) is 4.79 Å². The summed E-state index contributed by atoms with van der Waals surface area (Å²) in [5, 5.41) is 13.6. The minimum atomic E-state index is -0.971. The maximum Gasteiger partial charge on any atom is 0.410 e. The van der Waals surface area contributed by atoms with Crippen LogP contribution in [0.15, 0.2) is 30.5 Å². The van der Waals surface area contributed by atoms with E-state index in [9.17, 15) is 9.90 Å². The van der Waals surface area contributed by atoms with Crippen molar-refractivity contribution in [1.82, 2.24) is 10.2 Å². The fraction of sp³-hybridized carbons (Fsp3) is 0.640. The fourth-order valence-corrected chi connectivity index (χ4v) is 3.96. The number of nitrogens with two attached hydrogens (primary N) is 1. The van der Waals surface area contributed by atoms with Crippen LogP contribution in [0, 0.1) is 0 Å². The van der Waals surface area contributed by atoms with Crippen molar-refractivity contribution in [3.8, 4) is 0 Å². The molecule has 1 aromatic carbocycles. The normalized spacial score (nSPS) is 23.6. The van der Waals surface area contributed by atoms with Crippen molar-refractivity contribution in [2.45, 2.75) is 96.1 Å². The molecular weight excluding hydrogens is 417 g/mol. The molecule has 0 bridgehead atoms. The molecule has 1 aromatic rings. The Hall–Kier alpha value is -2.19. The molecule has 7 nitrogen and oxygen atoms in total. The summed E-state index contributed by atoms with van der Waals surface area (Å²) in [5.74, 6) is 0. The number of benzene rings is 1. The van der Waals surface area contributed by atoms with Gasteiger partial charge in [-0.2, -0.15) is 0 Å². The lowest BCUT2D eigenvalue weighted by molar-refractivity contribution is -0.0893. The SMILES string of the molecule is CC(C)(C)OC(=O)N1CCC[C@]12CC2N/C=C(\N)c1ccc([B]OC(C)(C)C(C)(C)O)cc1. The highest BCUT2D eigenvalue weighted by Gasteiger charge is 2.62. The second-order valence-electron chi connectivity index (χ2n) is 11.3. The molecule has 1 saturated heterocycles. The van der Waals surface area contributed by atoms with E-state index in [4.69, 9.17) is 15.1 Å². The topological polar surface area (TPSA) is 97.1 Å². The van der Waals surface area contributed by atoms with E-state index in [2.05, 4.69) is 5.32 Å². The summed E-state index contributed by atoms with van der Waals surface area (Å²) in [6, 6.07) is 7.90. The van der Waals surface area contributed by atoms with Gasteiger partial charge >= 0.3 is 13.6 Å². The first-order valence-corrected chi connectivity index (χ1v) is 11.7. The molecule has 1 unspecified atom stereocenters.